The monoisotopic (exact) mass is 199 g/mol. The zero-order chi connectivity index (χ0) is 10.6. The van der Waals surface area contributed by atoms with Crippen LogP contribution in [0.4, 0.5) is 0 Å². The minimum Gasteiger partial charge on any atom is -0.384 e. The molecule has 1 aliphatic carbocycles. The Kier molecular flexibility index (Phi) is 4.39. The minimum atomic E-state index is 0.227. The first-order chi connectivity index (χ1) is 6.67. The smallest absolute Gasteiger partial charge is 0.0535 e. The molecule has 0 saturated heterocycles. The van der Waals surface area contributed by atoms with E-state index in [4.69, 9.17) is 10.5 Å². The van der Waals surface area contributed by atoms with E-state index < -0.39 is 0 Å². The Morgan fingerprint density at radius 3 is 2.29 bits per heavy atom. The maximum atomic E-state index is 5.99. The summed E-state index contributed by atoms with van der Waals surface area (Å²) in [4.78, 5) is 0. The largest absolute Gasteiger partial charge is 0.384 e. The lowest BCUT2D eigenvalue weighted by atomic mass is 9.67. The van der Waals surface area contributed by atoms with Crippen LogP contribution in [-0.4, -0.2) is 20.3 Å². The summed E-state index contributed by atoms with van der Waals surface area (Å²) < 4.78 is 5.39. The zero-order valence-electron chi connectivity index (χ0n) is 9.88. The van der Waals surface area contributed by atoms with Crippen molar-refractivity contribution in [1.82, 2.24) is 0 Å². The third-order valence-corrected chi connectivity index (χ3v) is 4.11. The maximum Gasteiger partial charge on any atom is 0.0535 e. The molecule has 0 radical (unpaired) electrons. The van der Waals surface area contributed by atoms with Gasteiger partial charge in [-0.1, -0.05) is 26.7 Å². The molecule has 14 heavy (non-hydrogen) atoms. The molecule has 1 unspecified atom stereocenters. The van der Waals surface area contributed by atoms with Crippen molar-refractivity contribution in [3.63, 3.8) is 0 Å². The highest BCUT2D eigenvalue weighted by Gasteiger charge is 2.41. The van der Waals surface area contributed by atoms with Crippen molar-refractivity contribution in [2.24, 2.45) is 23.0 Å². The molecule has 0 bridgehead atoms. The van der Waals surface area contributed by atoms with Gasteiger partial charge in [-0.15, -0.1) is 0 Å². The maximum absolute atomic E-state index is 5.99. The van der Waals surface area contributed by atoms with Crippen molar-refractivity contribution in [2.75, 3.05) is 20.3 Å². The quantitative estimate of drug-likeness (QED) is 0.738. The van der Waals surface area contributed by atoms with Crippen LogP contribution < -0.4 is 5.73 Å². The molecule has 0 aliphatic heterocycles. The van der Waals surface area contributed by atoms with Crippen molar-refractivity contribution < 1.29 is 4.74 Å². The summed E-state index contributed by atoms with van der Waals surface area (Å²) >= 11 is 0. The molecular formula is C12H25NO. The van der Waals surface area contributed by atoms with E-state index in [1.807, 2.05) is 0 Å². The van der Waals surface area contributed by atoms with Gasteiger partial charge in [-0.3, -0.25) is 0 Å². The Bertz CT molecular complexity index is 164. The number of hydrogen-bond acceptors (Lipinski definition) is 2. The molecule has 0 aromatic rings. The van der Waals surface area contributed by atoms with Gasteiger partial charge in [-0.05, 0) is 24.7 Å². The highest BCUT2D eigenvalue weighted by atomic mass is 16.5. The highest BCUT2D eigenvalue weighted by Crippen LogP contribution is 2.44. The molecule has 2 nitrogen and oxygen atoms in total. The van der Waals surface area contributed by atoms with Crippen LogP contribution in [0.1, 0.15) is 39.5 Å². The molecule has 1 atom stereocenters. The molecule has 2 heteroatoms. The summed E-state index contributed by atoms with van der Waals surface area (Å²) in [5.41, 5.74) is 6.22. The predicted molar refractivity (Wildman–Crippen MR) is 60.2 cm³/mol. The molecule has 1 fully saturated rings. The Morgan fingerprint density at radius 2 is 1.93 bits per heavy atom. The second-order valence-corrected chi connectivity index (χ2v) is 5.01. The van der Waals surface area contributed by atoms with Crippen LogP contribution in [0.5, 0.6) is 0 Å². The van der Waals surface area contributed by atoms with Gasteiger partial charge in [0.1, 0.15) is 0 Å². The first kappa shape index (κ1) is 12.0. The van der Waals surface area contributed by atoms with Crippen LogP contribution in [0.2, 0.25) is 0 Å². The standard InChI is InChI=1S/C12H25NO/c1-10(2)12(8-13,9-14-3)11-6-4-5-7-11/h10-11H,4-9,13H2,1-3H3. The summed E-state index contributed by atoms with van der Waals surface area (Å²) in [5, 5.41) is 0. The molecule has 84 valence electrons. The Hall–Kier alpha value is -0.0800. The van der Waals surface area contributed by atoms with Gasteiger partial charge < -0.3 is 10.5 Å². The van der Waals surface area contributed by atoms with Gasteiger partial charge in [0, 0.05) is 19.1 Å². The van der Waals surface area contributed by atoms with Crippen LogP contribution >= 0.6 is 0 Å². The lowest BCUT2D eigenvalue weighted by Crippen LogP contribution is -2.45. The first-order valence-corrected chi connectivity index (χ1v) is 5.86. The number of ether oxygens (including phenoxy) is 1. The summed E-state index contributed by atoms with van der Waals surface area (Å²) in [5.74, 6) is 1.41. The van der Waals surface area contributed by atoms with E-state index in [0.29, 0.717) is 5.92 Å². The summed E-state index contributed by atoms with van der Waals surface area (Å²) in [6.07, 6.45) is 5.45. The van der Waals surface area contributed by atoms with Crippen molar-refractivity contribution >= 4 is 0 Å². The number of hydrogen-bond donors (Lipinski definition) is 1. The molecule has 1 saturated carbocycles. The molecule has 1 aliphatic rings. The fraction of sp³-hybridized carbons (Fsp3) is 1.00. The van der Waals surface area contributed by atoms with E-state index >= 15 is 0 Å². The second kappa shape index (κ2) is 5.13. The average molecular weight is 199 g/mol. The third kappa shape index (κ3) is 2.12. The topological polar surface area (TPSA) is 35.2 Å². The Labute approximate surface area is 88.2 Å². The van der Waals surface area contributed by atoms with Crippen molar-refractivity contribution in [3.8, 4) is 0 Å². The first-order valence-electron chi connectivity index (χ1n) is 5.86. The lowest BCUT2D eigenvalue weighted by molar-refractivity contribution is 0.00214. The normalized spacial score (nSPS) is 22.9. The highest BCUT2D eigenvalue weighted by molar-refractivity contribution is 4.92. The number of nitrogens with two attached hydrogens (primary N) is 1. The van der Waals surface area contributed by atoms with Crippen LogP contribution in [-0.2, 0) is 4.74 Å². The van der Waals surface area contributed by atoms with E-state index in [9.17, 15) is 0 Å². The fourth-order valence-electron chi connectivity index (χ4n) is 2.99. The van der Waals surface area contributed by atoms with Gasteiger partial charge in [0.2, 0.25) is 0 Å². The third-order valence-electron chi connectivity index (χ3n) is 4.11. The van der Waals surface area contributed by atoms with E-state index in [2.05, 4.69) is 13.8 Å². The Morgan fingerprint density at radius 1 is 1.36 bits per heavy atom. The lowest BCUT2D eigenvalue weighted by Gasteiger charge is -2.41. The zero-order valence-corrected chi connectivity index (χ0v) is 9.88. The molecule has 0 aromatic carbocycles. The molecule has 0 spiro atoms. The van der Waals surface area contributed by atoms with Crippen molar-refractivity contribution in [2.45, 2.75) is 39.5 Å². The fourth-order valence-corrected chi connectivity index (χ4v) is 2.99. The summed E-state index contributed by atoms with van der Waals surface area (Å²) in [6, 6.07) is 0. The molecule has 0 heterocycles. The predicted octanol–water partition coefficient (Wildman–Crippen LogP) is 2.42. The second-order valence-electron chi connectivity index (χ2n) is 5.01. The molecule has 2 N–H and O–H groups in total. The molecule has 0 aromatic heterocycles. The number of methoxy groups -OCH3 is 1. The molecule has 0 amide bonds. The Balaban J connectivity index is 2.75. The van der Waals surface area contributed by atoms with E-state index in [1.165, 1.54) is 25.7 Å². The van der Waals surface area contributed by atoms with Crippen LogP contribution in [0.3, 0.4) is 0 Å². The SMILES string of the molecule is COCC(CN)(C(C)C)C1CCCC1. The minimum absolute atomic E-state index is 0.227. The van der Waals surface area contributed by atoms with E-state index in [-0.39, 0.29) is 5.41 Å². The van der Waals surface area contributed by atoms with Gasteiger partial charge in [-0.2, -0.15) is 0 Å². The van der Waals surface area contributed by atoms with Crippen LogP contribution in [0.15, 0.2) is 0 Å². The van der Waals surface area contributed by atoms with Crippen LogP contribution in [0.25, 0.3) is 0 Å². The molecule has 1 rings (SSSR count). The van der Waals surface area contributed by atoms with Gasteiger partial charge in [0.25, 0.3) is 0 Å². The van der Waals surface area contributed by atoms with Crippen LogP contribution in [0, 0.1) is 17.3 Å². The van der Waals surface area contributed by atoms with Gasteiger partial charge in [0.15, 0.2) is 0 Å². The van der Waals surface area contributed by atoms with Gasteiger partial charge in [0.05, 0.1) is 6.61 Å². The van der Waals surface area contributed by atoms with Crippen molar-refractivity contribution in [3.05, 3.63) is 0 Å². The van der Waals surface area contributed by atoms with E-state index in [1.54, 1.807) is 7.11 Å². The summed E-state index contributed by atoms with van der Waals surface area (Å²) in [7, 11) is 1.79. The number of rotatable bonds is 5. The van der Waals surface area contributed by atoms with Gasteiger partial charge >= 0.3 is 0 Å². The average Bonchev–Trinajstić information content (AvgIpc) is 2.66. The molecular weight excluding hydrogens is 174 g/mol. The van der Waals surface area contributed by atoms with Gasteiger partial charge in [-0.25, -0.2) is 0 Å². The van der Waals surface area contributed by atoms with Crippen molar-refractivity contribution in [1.29, 1.82) is 0 Å². The summed E-state index contributed by atoms with van der Waals surface area (Å²) in [6.45, 7) is 6.16. The van der Waals surface area contributed by atoms with E-state index in [0.717, 1.165) is 19.1 Å².